The van der Waals surface area contributed by atoms with Gasteiger partial charge in [-0.3, -0.25) is 0 Å². The fourth-order valence-corrected chi connectivity index (χ4v) is 4.86. The van der Waals surface area contributed by atoms with Gasteiger partial charge in [-0.05, 0) is 53.8 Å². The molecule has 0 aliphatic heterocycles. The summed E-state index contributed by atoms with van der Waals surface area (Å²) in [6, 6.07) is 11.6. The largest absolute Gasteiger partial charge is 0.573 e. The van der Waals surface area contributed by atoms with Crippen LogP contribution in [0.4, 0.5) is 13.2 Å². The van der Waals surface area contributed by atoms with Gasteiger partial charge in [0.05, 0.1) is 13.7 Å². The van der Waals surface area contributed by atoms with Crippen LogP contribution in [-0.4, -0.2) is 44.8 Å². The van der Waals surface area contributed by atoms with Gasteiger partial charge in [0.1, 0.15) is 16.5 Å². The van der Waals surface area contributed by atoms with Crippen LogP contribution in [0.5, 0.6) is 11.5 Å². The van der Waals surface area contributed by atoms with Crippen molar-refractivity contribution < 1.29 is 32.5 Å². The monoisotopic (exact) mass is 465 g/mol. The van der Waals surface area contributed by atoms with Crippen LogP contribution >= 0.6 is 11.8 Å². The third-order valence-electron chi connectivity index (χ3n) is 4.97. The fourth-order valence-electron chi connectivity index (χ4n) is 3.56. The Labute approximate surface area is 185 Å². The molecule has 0 saturated heterocycles. The first-order valence-electron chi connectivity index (χ1n) is 9.56. The Morgan fingerprint density at radius 2 is 1.84 bits per heavy atom. The SMILES string of the molecule is COc1ccc(Cn2nnc(C(=O)O)c2SC2Cc3ccc(OC(F)(F)F)cc3C2)cc1. The Hall–Kier alpha value is -3.21. The van der Waals surface area contributed by atoms with Gasteiger partial charge in [0.2, 0.25) is 5.69 Å². The Balaban J connectivity index is 1.53. The molecule has 168 valence electrons. The zero-order valence-corrected chi connectivity index (χ0v) is 17.6. The van der Waals surface area contributed by atoms with E-state index in [0.29, 0.717) is 30.2 Å². The zero-order chi connectivity index (χ0) is 22.9. The number of thioether (sulfide) groups is 1. The highest BCUT2D eigenvalue weighted by molar-refractivity contribution is 8.00. The van der Waals surface area contributed by atoms with Gasteiger partial charge in [-0.15, -0.1) is 30.0 Å². The Kier molecular flexibility index (Phi) is 6.00. The van der Waals surface area contributed by atoms with Crippen molar-refractivity contribution >= 4 is 17.7 Å². The van der Waals surface area contributed by atoms with E-state index in [-0.39, 0.29) is 16.7 Å². The summed E-state index contributed by atoms with van der Waals surface area (Å²) in [5.41, 5.74) is 2.39. The molecular formula is C21H18F3N3O4S. The number of benzene rings is 2. The van der Waals surface area contributed by atoms with Gasteiger partial charge in [0, 0.05) is 5.25 Å². The van der Waals surface area contributed by atoms with Gasteiger partial charge in [-0.25, -0.2) is 9.48 Å². The number of carbonyl (C=O) groups is 1. The first-order chi connectivity index (χ1) is 15.2. The van der Waals surface area contributed by atoms with E-state index in [1.165, 1.54) is 28.6 Å². The lowest BCUT2D eigenvalue weighted by Gasteiger charge is -2.12. The number of aromatic carboxylic acids is 1. The Bertz CT molecular complexity index is 1130. The third kappa shape index (κ3) is 4.98. The molecule has 0 radical (unpaired) electrons. The number of methoxy groups -OCH3 is 1. The van der Waals surface area contributed by atoms with Gasteiger partial charge in [0.15, 0.2) is 0 Å². The number of rotatable bonds is 7. The van der Waals surface area contributed by atoms with Crippen LogP contribution in [0, 0.1) is 0 Å². The van der Waals surface area contributed by atoms with Crippen molar-refractivity contribution in [3.05, 3.63) is 64.8 Å². The number of alkyl halides is 3. The van der Waals surface area contributed by atoms with Gasteiger partial charge in [-0.2, -0.15) is 0 Å². The number of carboxylic acids is 1. The second-order valence-corrected chi connectivity index (χ2v) is 8.47. The van der Waals surface area contributed by atoms with E-state index >= 15 is 0 Å². The van der Waals surface area contributed by atoms with Crippen LogP contribution in [0.25, 0.3) is 0 Å². The first-order valence-corrected chi connectivity index (χ1v) is 10.4. The summed E-state index contributed by atoms with van der Waals surface area (Å²) in [5.74, 6) is -0.755. The van der Waals surface area contributed by atoms with Crippen molar-refractivity contribution in [2.75, 3.05) is 7.11 Å². The summed E-state index contributed by atoms with van der Waals surface area (Å²) in [6.07, 6.45) is -3.70. The predicted octanol–water partition coefficient (Wildman–Crippen LogP) is 4.19. The molecule has 1 heterocycles. The normalized spacial score (nSPS) is 15.4. The highest BCUT2D eigenvalue weighted by Gasteiger charge is 2.32. The number of fused-ring (bicyclic) bond motifs is 1. The lowest BCUT2D eigenvalue weighted by Crippen LogP contribution is -2.17. The second-order valence-electron chi connectivity index (χ2n) is 7.18. The average molecular weight is 465 g/mol. The minimum atomic E-state index is -4.75. The molecule has 11 heteroatoms. The molecule has 1 unspecified atom stereocenters. The molecule has 1 aliphatic carbocycles. The van der Waals surface area contributed by atoms with Gasteiger partial charge < -0.3 is 14.6 Å². The van der Waals surface area contributed by atoms with E-state index in [9.17, 15) is 23.1 Å². The quantitative estimate of drug-likeness (QED) is 0.560. The lowest BCUT2D eigenvalue weighted by molar-refractivity contribution is -0.274. The molecule has 1 atom stereocenters. The van der Waals surface area contributed by atoms with Crippen molar-refractivity contribution in [1.82, 2.24) is 15.0 Å². The molecule has 2 aromatic carbocycles. The lowest BCUT2D eigenvalue weighted by atomic mass is 10.1. The molecular weight excluding hydrogens is 447 g/mol. The molecule has 0 amide bonds. The van der Waals surface area contributed by atoms with Crippen molar-refractivity contribution in [2.45, 2.75) is 36.0 Å². The molecule has 1 aromatic heterocycles. The van der Waals surface area contributed by atoms with E-state index in [4.69, 9.17) is 4.74 Å². The van der Waals surface area contributed by atoms with Crippen LogP contribution in [0.15, 0.2) is 47.5 Å². The van der Waals surface area contributed by atoms with Gasteiger partial charge in [0.25, 0.3) is 0 Å². The molecule has 0 bridgehead atoms. The summed E-state index contributed by atoms with van der Waals surface area (Å²) in [7, 11) is 1.57. The van der Waals surface area contributed by atoms with E-state index < -0.39 is 12.3 Å². The number of hydrogen-bond acceptors (Lipinski definition) is 6. The molecule has 0 saturated carbocycles. The predicted molar refractivity (Wildman–Crippen MR) is 109 cm³/mol. The Morgan fingerprint density at radius 1 is 1.16 bits per heavy atom. The number of nitrogens with zero attached hydrogens (tertiary/aromatic N) is 3. The maximum absolute atomic E-state index is 12.5. The summed E-state index contributed by atoms with van der Waals surface area (Å²) in [5, 5.41) is 17.7. The molecule has 1 aliphatic rings. The van der Waals surface area contributed by atoms with E-state index in [1.807, 2.05) is 12.1 Å². The average Bonchev–Trinajstić information content (AvgIpc) is 3.31. The molecule has 3 aromatic rings. The summed E-state index contributed by atoms with van der Waals surface area (Å²) < 4.78 is 48.2. The molecule has 1 N–H and O–H groups in total. The second kappa shape index (κ2) is 8.73. The Morgan fingerprint density at radius 3 is 2.50 bits per heavy atom. The zero-order valence-electron chi connectivity index (χ0n) is 16.8. The molecule has 0 fully saturated rings. The standard InChI is InChI=1S/C21H18F3N3O4S/c1-30-15-5-2-12(3-6-15)11-27-19(18(20(28)29)25-26-27)32-17-9-13-4-7-16(8-14(13)10-17)31-21(22,23)24/h2-8,17H,9-11H2,1H3,(H,28,29). The molecule has 7 nitrogen and oxygen atoms in total. The van der Waals surface area contributed by atoms with Gasteiger partial charge in [-0.1, -0.05) is 23.4 Å². The van der Waals surface area contributed by atoms with Crippen molar-refractivity contribution in [3.63, 3.8) is 0 Å². The number of halogens is 3. The fraction of sp³-hybridized carbons (Fsp3) is 0.286. The van der Waals surface area contributed by atoms with Crippen molar-refractivity contribution in [1.29, 1.82) is 0 Å². The van der Waals surface area contributed by atoms with E-state index in [1.54, 1.807) is 25.3 Å². The van der Waals surface area contributed by atoms with E-state index in [0.717, 1.165) is 16.7 Å². The number of hydrogen-bond donors (Lipinski definition) is 1. The van der Waals surface area contributed by atoms with Crippen LogP contribution in [0.3, 0.4) is 0 Å². The smallest absolute Gasteiger partial charge is 0.497 e. The number of aromatic nitrogens is 3. The highest BCUT2D eigenvalue weighted by Crippen LogP contribution is 2.38. The first kappa shape index (κ1) is 22.0. The van der Waals surface area contributed by atoms with Crippen LogP contribution in [-0.2, 0) is 19.4 Å². The minimum absolute atomic E-state index is 0.0719. The topological polar surface area (TPSA) is 86.5 Å². The van der Waals surface area contributed by atoms with Crippen LogP contribution in [0.2, 0.25) is 0 Å². The number of ether oxygens (including phenoxy) is 2. The summed E-state index contributed by atoms with van der Waals surface area (Å²) >= 11 is 1.31. The molecule has 32 heavy (non-hydrogen) atoms. The van der Waals surface area contributed by atoms with Gasteiger partial charge >= 0.3 is 12.3 Å². The molecule has 0 spiro atoms. The van der Waals surface area contributed by atoms with Crippen LogP contribution < -0.4 is 9.47 Å². The maximum Gasteiger partial charge on any atom is 0.573 e. The summed E-state index contributed by atoms with van der Waals surface area (Å²) in [6.45, 7) is 0.315. The third-order valence-corrected chi connectivity index (χ3v) is 6.26. The number of carboxylic acid groups (broad SMARTS) is 1. The minimum Gasteiger partial charge on any atom is -0.497 e. The van der Waals surface area contributed by atoms with Crippen molar-refractivity contribution in [2.24, 2.45) is 0 Å². The summed E-state index contributed by atoms with van der Waals surface area (Å²) in [4.78, 5) is 11.7. The highest BCUT2D eigenvalue weighted by atomic mass is 32.2. The van der Waals surface area contributed by atoms with Crippen LogP contribution in [0.1, 0.15) is 27.2 Å². The van der Waals surface area contributed by atoms with Crippen molar-refractivity contribution in [3.8, 4) is 11.5 Å². The molecule has 4 rings (SSSR count). The van der Waals surface area contributed by atoms with E-state index in [2.05, 4.69) is 15.0 Å². The maximum atomic E-state index is 12.5.